The van der Waals surface area contributed by atoms with Gasteiger partial charge in [-0.1, -0.05) is 0 Å². The number of nitrogens with zero attached hydrogens (tertiary/aromatic N) is 4. The minimum absolute atomic E-state index is 0.00889. The second kappa shape index (κ2) is 6.15. The molecule has 2 rings (SSSR count). The van der Waals surface area contributed by atoms with E-state index in [0.29, 0.717) is 43.9 Å². The van der Waals surface area contributed by atoms with Gasteiger partial charge in [-0.15, -0.1) is 0 Å². The molecule has 0 radical (unpaired) electrons. The van der Waals surface area contributed by atoms with Crippen LogP contribution in [-0.2, 0) is 11.3 Å². The first-order chi connectivity index (χ1) is 9.93. The van der Waals surface area contributed by atoms with Crippen molar-refractivity contribution < 1.29 is 9.59 Å². The zero-order chi connectivity index (χ0) is 15.6. The lowest BCUT2D eigenvalue weighted by atomic mass is 9.95. The van der Waals surface area contributed by atoms with Crippen molar-refractivity contribution in [1.29, 1.82) is 0 Å². The van der Waals surface area contributed by atoms with E-state index in [2.05, 4.69) is 5.10 Å². The summed E-state index contributed by atoms with van der Waals surface area (Å²) in [5, 5.41) is 4.21. The van der Waals surface area contributed by atoms with Gasteiger partial charge >= 0.3 is 0 Å². The molecule has 1 aliphatic heterocycles. The number of carbonyl (C=O) groups is 2. The average molecular weight is 293 g/mol. The van der Waals surface area contributed by atoms with E-state index in [0.717, 1.165) is 0 Å². The van der Waals surface area contributed by atoms with E-state index in [9.17, 15) is 9.59 Å². The third-order valence-corrected chi connectivity index (χ3v) is 3.89. The van der Waals surface area contributed by atoms with Crippen molar-refractivity contribution in [3.63, 3.8) is 0 Å². The van der Waals surface area contributed by atoms with Crippen molar-refractivity contribution >= 4 is 17.5 Å². The molecule has 116 valence electrons. The standard InChI is InChI=1S/C14H23N5O2/c1-4-19-9-11(15)12(16-19)14(21)18-7-5-10(6-8-18)13(20)17(2)3/h9-10H,4-8,15H2,1-3H3. The summed E-state index contributed by atoms with van der Waals surface area (Å²) in [6, 6.07) is 0. The first kappa shape index (κ1) is 15.3. The fourth-order valence-electron chi connectivity index (χ4n) is 2.61. The van der Waals surface area contributed by atoms with E-state index >= 15 is 0 Å². The Hall–Kier alpha value is -2.05. The van der Waals surface area contributed by atoms with Crippen LogP contribution in [-0.4, -0.2) is 58.6 Å². The average Bonchev–Trinajstić information content (AvgIpc) is 2.87. The molecule has 2 N–H and O–H groups in total. The van der Waals surface area contributed by atoms with Gasteiger partial charge in [0.05, 0.1) is 5.69 Å². The highest BCUT2D eigenvalue weighted by Gasteiger charge is 2.30. The molecule has 0 unspecified atom stereocenters. The minimum Gasteiger partial charge on any atom is -0.396 e. The van der Waals surface area contributed by atoms with E-state index in [-0.39, 0.29) is 17.7 Å². The number of rotatable bonds is 3. The molecule has 1 fully saturated rings. The summed E-state index contributed by atoms with van der Waals surface area (Å²) in [4.78, 5) is 27.7. The van der Waals surface area contributed by atoms with Crippen LogP contribution in [0, 0.1) is 5.92 Å². The molecule has 0 aliphatic carbocycles. The predicted molar refractivity (Wildman–Crippen MR) is 79.6 cm³/mol. The number of likely N-dealkylation sites (tertiary alicyclic amines) is 1. The number of anilines is 1. The Bertz CT molecular complexity index is 529. The molecule has 1 aliphatic rings. The van der Waals surface area contributed by atoms with Gasteiger partial charge in [-0.25, -0.2) is 0 Å². The molecule has 1 saturated heterocycles. The Morgan fingerprint density at radius 3 is 2.48 bits per heavy atom. The Kier molecular flexibility index (Phi) is 4.50. The largest absolute Gasteiger partial charge is 0.396 e. The zero-order valence-electron chi connectivity index (χ0n) is 12.9. The van der Waals surface area contributed by atoms with Gasteiger partial charge in [0, 0.05) is 45.8 Å². The van der Waals surface area contributed by atoms with Gasteiger partial charge in [-0.2, -0.15) is 5.10 Å². The van der Waals surface area contributed by atoms with Crippen LogP contribution in [0.4, 0.5) is 5.69 Å². The van der Waals surface area contributed by atoms with E-state index in [1.54, 1.807) is 34.8 Å². The van der Waals surface area contributed by atoms with Gasteiger partial charge in [-0.3, -0.25) is 14.3 Å². The van der Waals surface area contributed by atoms with Crippen LogP contribution >= 0.6 is 0 Å². The molecule has 0 atom stereocenters. The van der Waals surface area contributed by atoms with Crippen molar-refractivity contribution in [1.82, 2.24) is 19.6 Å². The molecule has 0 saturated carbocycles. The van der Waals surface area contributed by atoms with Crippen molar-refractivity contribution in [3.8, 4) is 0 Å². The van der Waals surface area contributed by atoms with Crippen LogP contribution in [0.5, 0.6) is 0 Å². The number of amides is 2. The van der Waals surface area contributed by atoms with Crippen molar-refractivity contribution in [2.75, 3.05) is 32.9 Å². The maximum Gasteiger partial charge on any atom is 0.276 e. The lowest BCUT2D eigenvalue weighted by Crippen LogP contribution is -2.43. The summed E-state index contributed by atoms with van der Waals surface area (Å²) >= 11 is 0. The normalized spacial score (nSPS) is 16.0. The number of hydrogen-bond donors (Lipinski definition) is 1. The molecule has 0 aromatic carbocycles. The fourth-order valence-corrected chi connectivity index (χ4v) is 2.61. The SMILES string of the molecule is CCn1cc(N)c(C(=O)N2CCC(C(=O)N(C)C)CC2)n1. The summed E-state index contributed by atoms with van der Waals surface area (Å²) in [6.07, 6.45) is 3.06. The highest BCUT2D eigenvalue weighted by molar-refractivity contribution is 5.97. The first-order valence-electron chi connectivity index (χ1n) is 7.27. The maximum atomic E-state index is 12.4. The number of aromatic nitrogens is 2. The monoisotopic (exact) mass is 293 g/mol. The van der Waals surface area contributed by atoms with E-state index in [1.807, 2.05) is 6.92 Å². The Balaban J connectivity index is 2.00. The number of piperidine rings is 1. The topological polar surface area (TPSA) is 84.5 Å². The van der Waals surface area contributed by atoms with Crippen LogP contribution in [0.15, 0.2) is 6.20 Å². The number of nitrogen functional groups attached to an aromatic ring is 1. The van der Waals surface area contributed by atoms with E-state index < -0.39 is 0 Å². The number of hydrogen-bond acceptors (Lipinski definition) is 4. The Morgan fingerprint density at radius 2 is 2.00 bits per heavy atom. The number of carbonyl (C=O) groups excluding carboxylic acids is 2. The lowest BCUT2D eigenvalue weighted by Gasteiger charge is -2.32. The molecule has 2 amide bonds. The highest BCUT2D eigenvalue weighted by Crippen LogP contribution is 2.21. The van der Waals surface area contributed by atoms with Crippen molar-refractivity contribution in [3.05, 3.63) is 11.9 Å². The molecular weight excluding hydrogens is 270 g/mol. The summed E-state index contributed by atoms with van der Waals surface area (Å²) in [5.41, 5.74) is 6.57. The van der Waals surface area contributed by atoms with Crippen LogP contribution in [0.1, 0.15) is 30.3 Å². The van der Waals surface area contributed by atoms with Crippen LogP contribution < -0.4 is 5.73 Å². The van der Waals surface area contributed by atoms with Gasteiger partial charge in [0.15, 0.2) is 5.69 Å². The van der Waals surface area contributed by atoms with Crippen LogP contribution in [0.3, 0.4) is 0 Å². The second-order valence-corrected chi connectivity index (χ2v) is 5.59. The zero-order valence-corrected chi connectivity index (χ0v) is 12.9. The van der Waals surface area contributed by atoms with Crippen LogP contribution in [0.2, 0.25) is 0 Å². The number of aryl methyl sites for hydroxylation is 1. The third kappa shape index (κ3) is 3.17. The smallest absolute Gasteiger partial charge is 0.276 e. The van der Waals surface area contributed by atoms with Crippen molar-refractivity contribution in [2.45, 2.75) is 26.3 Å². The molecule has 21 heavy (non-hydrogen) atoms. The van der Waals surface area contributed by atoms with E-state index in [4.69, 9.17) is 5.73 Å². The van der Waals surface area contributed by atoms with Gasteiger partial charge in [0.2, 0.25) is 5.91 Å². The molecule has 2 heterocycles. The minimum atomic E-state index is -0.143. The third-order valence-electron chi connectivity index (χ3n) is 3.89. The quantitative estimate of drug-likeness (QED) is 0.875. The first-order valence-corrected chi connectivity index (χ1v) is 7.27. The van der Waals surface area contributed by atoms with Gasteiger partial charge < -0.3 is 15.5 Å². The molecule has 1 aromatic rings. The van der Waals surface area contributed by atoms with Crippen molar-refractivity contribution in [2.24, 2.45) is 5.92 Å². The summed E-state index contributed by atoms with van der Waals surface area (Å²) in [6.45, 7) is 3.76. The molecule has 7 heteroatoms. The second-order valence-electron chi connectivity index (χ2n) is 5.59. The molecule has 0 bridgehead atoms. The molecule has 0 spiro atoms. The van der Waals surface area contributed by atoms with Gasteiger partial charge in [-0.05, 0) is 19.8 Å². The Morgan fingerprint density at radius 1 is 1.38 bits per heavy atom. The van der Waals surface area contributed by atoms with Gasteiger partial charge in [0.25, 0.3) is 5.91 Å². The predicted octanol–water partition coefficient (Wildman–Crippen LogP) is 0.426. The fraction of sp³-hybridized carbons (Fsp3) is 0.643. The van der Waals surface area contributed by atoms with Crippen LogP contribution in [0.25, 0.3) is 0 Å². The maximum absolute atomic E-state index is 12.4. The summed E-state index contributed by atoms with van der Waals surface area (Å²) in [5.74, 6) is 0.00178. The highest BCUT2D eigenvalue weighted by atomic mass is 16.2. The molecule has 7 nitrogen and oxygen atoms in total. The summed E-state index contributed by atoms with van der Waals surface area (Å²) < 4.78 is 1.66. The molecular formula is C14H23N5O2. The lowest BCUT2D eigenvalue weighted by molar-refractivity contribution is -0.134. The Labute approximate surface area is 124 Å². The summed E-state index contributed by atoms with van der Waals surface area (Å²) in [7, 11) is 3.52. The number of nitrogens with two attached hydrogens (primary N) is 1. The van der Waals surface area contributed by atoms with Gasteiger partial charge in [0.1, 0.15) is 0 Å². The van der Waals surface area contributed by atoms with E-state index in [1.165, 1.54) is 0 Å². The molecule has 1 aromatic heterocycles.